The molecule has 2 saturated carbocycles. The third-order valence-electron chi connectivity index (χ3n) is 5.35. The first-order valence-electron chi connectivity index (χ1n) is 8.24. The predicted octanol–water partition coefficient (Wildman–Crippen LogP) is 2.77. The molecule has 0 heterocycles. The molecule has 1 amide bonds. The highest BCUT2D eigenvalue weighted by molar-refractivity contribution is 5.83. The van der Waals surface area contributed by atoms with Crippen molar-refractivity contribution in [3.8, 4) is 0 Å². The van der Waals surface area contributed by atoms with Gasteiger partial charge in [-0.3, -0.25) is 4.79 Å². The van der Waals surface area contributed by atoms with Crippen LogP contribution < -0.4 is 5.73 Å². The quantitative estimate of drug-likeness (QED) is 0.925. The van der Waals surface area contributed by atoms with Crippen LogP contribution in [0.3, 0.4) is 0 Å². The van der Waals surface area contributed by atoms with E-state index in [9.17, 15) is 4.79 Å². The Bertz CT molecular complexity index is 487. The fourth-order valence-corrected chi connectivity index (χ4v) is 3.93. The maximum atomic E-state index is 12.7. The highest BCUT2D eigenvalue weighted by atomic mass is 16.2. The number of hydrogen-bond acceptors (Lipinski definition) is 2. The summed E-state index contributed by atoms with van der Waals surface area (Å²) in [4.78, 5) is 14.8. The Balaban J connectivity index is 1.63. The second kappa shape index (κ2) is 6.18. The highest BCUT2D eigenvalue weighted by Gasteiger charge is 2.46. The highest BCUT2D eigenvalue weighted by Crippen LogP contribution is 2.48. The first kappa shape index (κ1) is 14.6. The first-order valence-corrected chi connectivity index (χ1v) is 8.24. The van der Waals surface area contributed by atoms with Gasteiger partial charge in [0.1, 0.15) is 0 Å². The monoisotopic (exact) mass is 286 g/mol. The molecule has 3 heteroatoms. The van der Waals surface area contributed by atoms with Gasteiger partial charge in [-0.1, -0.05) is 43.2 Å². The molecule has 2 aliphatic carbocycles. The molecular weight excluding hydrogens is 260 g/mol. The van der Waals surface area contributed by atoms with Gasteiger partial charge in [0.05, 0.1) is 0 Å². The van der Waals surface area contributed by atoms with Crippen LogP contribution in [0.2, 0.25) is 0 Å². The van der Waals surface area contributed by atoms with Crippen LogP contribution in [0.4, 0.5) is 0 Å². The van der Waals surface area contributed by atoms with Crippen molar-refractivity contribution in [2.45, 2.75) is 44.1 Å². The average molecular weight is 286 g/mol. The van der Waals surface area contributed by atoms with Crippen molar-refractivity contribution in [1.29, 1.82) is 0 Å². The van der Waals surface area contributed by atoms with E-state index in [1.165, 1.54) is 24.8 Å². The van der Waals surface area contributed by atoms with Gasteiger partial charge in [-0.05, 0) is 43.2 Å². The Morgan fingerprint density at radius 2 is 1.95 bits per heavy atom. The van der Waals surface area contributed by atoms with Crippen molar-refractivity contribution in [3.05, 3.63) is 35.9 Å². The number of carbonyl (C=O) groups is 1. The molecule has 1 aromatic rings. The van der Waals surface area contributed by atoms with Crippen LogP contribution in [-0.4, -0.2) is 30.4 Å². The summed E-state index contributed by atoms with van der Waals surface area (Å²) in [6.07, 6.45) is 5.79. The van der Waals surface area contributed by atoms with Crippen molar-refractivity contribution in [2.24, 2.45) is 17.6 Å². The van der Waals surface area contributed by atoms with E-state index in [2.05, 4.69) is 24.3 Å². The zero-order valence-electron chi connectivity index (χ0n) is 12.9. The van der Waals surface area contributed by atoms with Gasteiger partial charge in [0.15, 0.2) is 0 Å². The van der Waals surface area contributed by atoms with Crippen LogP contribution >= 0.6 is 0 Å². The van der Waals surface area contributed by atoms with Crippen LogP contribution in [-0.2, 0) is 4.79 Å². The summed E-state index contributed by atoms with van der Waals surface area (Å²) >= 11 is 0. The molecule has 2 aliphatic rings. The average Bonchev–Trinajstić information content (AvgIpc) is 3.35. The van der Waals surface area contributed by atoms with E-state index >= 15 is 0 Å². The third kappa shape index (κ3) is 2.98. The molecule has 0 aliphatic heterocycles. The van der Waals surface area contributed by atoms with E-state index in [-0.39, 0.29) is 5.92 Å². The van der Waals surface area contributed by atoms with E-state index in [4.69, 9.17) is 5.73 Å². The van der Waals surface area contributed by atoms with E-state index in [0.717, 1.165) is 12.8 Å². The van der Waals surface area contributed by atoms with Crippen molar-refractivity contribution in [2.75, 3.05) is 13.6 Å². The fourth-order valence-electron chi connectivity index (χ4n) is 3.93. The lowest BCUT2D eigenvalue weighted by atomic mass is 9.83. The molecule has 4 atom stereocenters. The normalized spacial score (nSPS) is 31.7. The topological polar surface area (TPSA) is 46.3 Å². The Kier molecular flexibility index (Phi) is 4.29. The van der Waals surface area contributed by atoms with Crippen LogP contribution in [0.25, 0.3) is 0 Å². The second-order valence-electron chi connectivity index (χ2n) is 6.66. The smallest absolute Gasteiger partial charge is 0.226 e. The van der Waals surface area contributed by atoms with Gasteiger partial charge in [-0.25, -0.2) is 0 Å². The number of carbonyl (C=O) groups excluding carboxylic acids is 1. The fraction of sp³-hybridized carbons (Fsp3) is 0.611. The number of nitrogens with zero attached hydrogens (tertiary/aromatic N) is 1. The molecule has 3 nitrogen and oxygen atoms in total. The van der Waals surface area contributed by atoms with Crippen molar-refractivity contribution >= 4 is 5.91 Å². The third-order valence-corrected chi connectivity index (χ3v) is 5.35. The van der Waals surface area contributed by atoms with E-state index in [1.54, 1.807) is 0 Å². The number of rotatable bonds is 4. The number of benzene rings is 1. The van der Waals surface area contributed by atoms with Gasteiger partial charge >= 0.3 is 0 Å². The summed E-state index contributed by atoms with van der Waals surface area (Å²) in [5.74, 6) is 1.44. The number of nitrogens with two attached hydrogens (primary N) is 1. The molecule has 0 radical (unpaired) electrons. The lowest BCUT2D eigenvalue weighted by Gasteiger charge is -2.37. The van der Waals surface area contributed by atoms with Gasteiger partial charge in [0.25, 0.3) is 0 Å². The summed E-state index contributed by atoms with van der Waals surface area (Å²) in [6, 6.07) is 10.8. The largest absolute Gasteiger partial charge is 0.342 e. The zero-order chi connectivity index (χ0) is 14.8. The minimum atomic E-state index is 0.192. The molecule has 3 rings (SSSR count). The summed E-state index contributed by atoms with van der Waals surface area (Å²) < 4.78 is 0. The Hall–Kier alpha value is -1.35. The van der Waals surface area contributed by atoms with Crippen molar-refractivity contribution in [1.82, 2.24) is 4.90 Å². The van der Waals surface area contributed by atoms with E-state index < -0.39 is 0 Å². The molecule has 4 unspecified atom stereocenters. The van der Waals surface area contributed by atoms with Gasteiger partial charge < -0.3 is 10.6 Å². The number of amides is 1. The first-order chi connectivity index (χ1) is 10.2. The molecule has 0 saturated heterocycles. The maximum absolute atomic E-state index is 12.7. The van der Waals surface area contributed by atoms with E-state index in [0.29, 0.717) is 30.3 Å². The lowest BCUT2D eigenvalue weighted by molar-refractivity contribution is -0.135. The van der Waals surface area contributed by atoms with Crippen LogP contribution in [0, 0.1) is 11.8 Å². The Labute approximate surface area is 127 Å². The second-order valence-corrected chi connectivity index (χ2v) is 6.66. The summed E-state index contributed by atoms with van der Waals surface area (Å²) in [5.41, 5.74) is 7.21. The maximum Gasteiger partial charge on any atom is 0.226 e. The van der Waals surface area contributed by atoms with Gasteiger partial charge in [-0.2, -0.15) is 0 Å². The molecule has 114 valence electrons. The minimum absolute atomic E-state index is 0.192. The molecule has 2 N–H and O–H groups in total. The summed E-state index contributed by atoms with van der Waals surface area (Å²) in [6.45, 7) is 0.703. The zero-order valence-corrected chi connectivity index (χ0v) is 12.9. The van der Waals surface area contributed by atoms with Gasteiger partial charge in [-0.15, -0.1) is 0 Å². The van der Waals surface area contributed by atoms with Crippen molar-refractivity contribution < 1.29 is 4.79 Å². The Morgan fingerprint density at radius 1 is 1.24 bits per heavy atom. The standard InChI is InChI=1S/C18H26N2O/c1-20(17-10-6-5-9-14(17)12-19)18(21)16-11-15(16)13-7-3-2-4-8-13/h2-4,7-8,14-17H,5-6,9-12,19H2,1H3. The molecule has 1 aromatic carbocycles. The molecular formula is C18H26N2O. The molecule has 21 heavy (non-hydrogen) atoms. The molecule has 0 bridgehead atoms. The van der Waals surface area contributed by atoms with Gasteiger partial charge in [0.2, 0.25) is 5.91 Å². The van der Waals surface area contributed by atoms with Crippen LogP contribution in [0.15, 0.2) is 30.3 Å². The van der Waals surface area contributed by atoms with Crippen molar-refractivity contribution in [3.63, 3.8) is 0 Å². The lowest BCUT2D eigenvalue weighted by Crippen LogP contribution is -2.46. The minimum Gasteiger partial charge on any atom is -0.342 e. The summed E-state index contributed by atoms with van der Waals surface area (Å²) in [7, 11) is 1.99. The SMILES string of the molecule is CN(C(=O)C1CC1c1ccccc1)C1CCCCC1CN. The van der Waals surface area contributed by atoms with Crippen LogP contribution in [0.5, 0.6) is 0 Å². The van der Waals surface area contributed by atoms with Crippen LogP contribution in [0.1, 0.15) is 43.6 Å². The number of hydrogen-bond donors (Lipinski definition) is 1. The Morgan fingerprint density at radius 3 is 2.67 bits per heavy atom. The van der Waals surface area contributed by atoms with E-state index in [1.807, 2.05) is 18.0 Å². The molecule has 2 fully saturated rings. The predicted molar refractivity (Wildman–Crippen MR) is 84.9 cm³/mol. The van der Waals surface area contributed by atoms with Gasteiger partial charge in [0, 0.05) is 19.0 Å². The summed E-state index contributed by atoms with van der Waals surface area (Å²) in [5, 5.41) is 0. The molecule has 0 spiro atoms. The molecule has 0 aromatic heterocycles.